The lowest BCUT2D eigenvalue weighted by atomic mass is 10.1. The lowest BCUT2D eigenvalue weighted by Gasteiger charge is -2.10. The van der Waals surface area contributed by atoms with Crippen molar-refractivity contribution < 1.29 is 14.3 Å². The molecule has 0 aromatic heterocycles. The Morgan fingerprint density at radius 1 is 1.40 bits per heavy atom. The van der Waals surface area contributed by atoms with Gasteiger partial charge in [0.05, 0.1) is 19.9 Å². The van der Waals surface area contributed by atoms with E-state index < -0.39 is 6.09 Å². The van der Waals surface area contributed by atoms with Crippen LogP contribution >= 0.6 is 0 Å². The predicted molar refractivity (Wildman–Crippen MR) is 58.4 cm³/mol. The van der Waals surface area contributed by atoms with E-state index in [0.29, 0.717) is 11.4 Å². The first-order valence-electron chi connectivity index (χ1n) is 4.73. The Kier molecular flexibility index (Phi) is 3.97. The van der Waals surface area contributed by atoms with Crippen LogP contribution in [0.4, 0.5) is 10.5 Å². The Bertz CT molecular complexity index is 350. The van der Waals surface area contributed by atoms with Crippen molar-refractivity contribution in [3.05, 3.63) is 23.8 Å². The molecular formula is C11H15NO3. The summed E-state index contributed by atoms with van der Waals surface area (Å²) < 4.78 is 9.64. The molecule has 0 fully saturated rings. The van der Waals surface area contributed by atoms with Crippen LogP contribution in [-0.2, 0) is 11.2 Å². The van der Waals surface area contributed by atoms with E-state index in [4.69, 9.17) is 4.74 Å². The summed E-state index contributed by atoms with van der Waals surface area (Å²) in [4.78, 5) is 11.1. The largest absolute Gasteiger partial charge is 0.495 e. The van der Waals surface area contributed by atoms with E-state index in [2.05, 4.69) is 10.1 Å². The Balaban J connectivity index is 2.95. The normalized spacial score (nSPS) is 9.53. The van der Waals surface area contributed by atoms with E-state index in [1.165, 1.54) is 7.11 Å². The number of amides is 1. The quantitative estimate of drug-likeness (QED) is 0.831. The minimum atomic E-state index is -0.499. The molecule has 0 aliphatic rings. The second-order valence-electron chi connectivity index (χ2n) is 3.00. The van der Waals surface area contributed by atoms with Crippen molar-refractivity contribution in [1.29, 1.82) is 0 Å². The number of ether oxygens (including phenoxy) is 2. The average molecular weight is 209 g/mol. The van der Waals surface area contributed by atoms with Gasteiger partial charge in [0, 0.05) is 0 Å². The molecule has 0 bridgehead atoms. The van der Waals surface area contributed by atoms with Crippen LogP contribution in [0.25, 0.3) is 0 Å². The molecular weight excluding hydrogens is 194 g/mol. The molecule has 4 nitrogen and oxygen atoms in total. The lowest BCUT2D eigenvalue weighted by molar-refractivity contribution is 0.187. The highest BCUT2D eigenvalue weighted by atomic mass is 16.5. The molecule has 1 amide bonds. The number of nitrogens with one attached hydrogen (secondary N) is 1. The van der Waals surface area contributed by atoms with Gasteiger partial charge in [-0.1, -0.05) is 13.0 Å². The molecule has 82 valence electrons. The maximum absolute atomic E-state index is 11.1. The average Bonchev–Trinajstić information content (AvgIpc) is 2.28. The van der Waals surface area contributed by atoms with Gasteiger partial charge in [-0.25, -0.2) is 4.79 Å². The number of benzene rings is 1. The highest BCUT2D eigenvalue weighted by Crippen LogP contribution is 2.25. The molecule has 0 unspecified atom stereocenters. The minimum absolute atomic E-state index is 0.499. The molecule has 15 heavy (non-hydrogen) atoms. The number of anilines is 1. The van der Waals surface area contributed by atoms with Crippen molar-refractivity contribution in [2.45, 2.75) is 13.3 Å². The van der Waals surface area contributed by atoms with Gasteiger partial charge in [-0.15, -0.1) is 0 Å². The third-order valence-corrected chi connectivity index (χ3v) is 2.09. The van der Waals surface area contributed by atoms with E-state index >= 15 is 0 Å². The highest BCUT2D eigenvalue weighted by Gasteiger charge is 2.07. The molecule has 0 atom stereocenters. The van der Waals surface area contributed by atoms with Gasteiger partial charge in [0.15, 0.2) is 0 Å². The van der Waals surface area contributed by atoms with Gasteiger partial charge in [0.25, 0.3) is 0 Å². The molecule has 1 aromatic carbocycles. The zero-order chi connectivity index (χ0) is 11.3. The van der Waals surface area contributed by atoms with Crippen LogP contribution < -0.4 is 10.1 Å². The molecule has 0 saturated carbocycles. The summed E-state index contributed by atoms with van der Waals surface area (Å²) in [6, 6.07) is 5.65. The van der Waals surface area contributed by atoms with E-state index in [1.807, 2.05) is 25.1 Å². The van der Waals surface area contributed by atoms with E-state index in [1.54, 1.807) is 7.11 Å². The number of aryl methyl sites for hydroxylation is 1. The second kappa shape index (κ2) is 5.24. The number of hydrogen-bond acceptors (Lipinski definition) is 3. The molecule has 0 radical (unpaired) electrons. The SMILES string of the molecule is CCc1ccc(OC)c(NC(=O)OC)c1. The predicted octanol–water partition coefficient (Wildman–Crippen LogP) is 2.44. The Morgan fingerprint density at radius 2 is 2.13 bits per heavy atom. The van der Waals surface area contributed by atoms with E-state index in [9.17, 15) is 4.79 Å². The number of methoxy groups -OCH3 is 2. The van der Waals surface area contributed by atoms with Crippen LogP contribution in [0.2, 0.25) is 0 Å². The molecule has 0 aliphatic carbocycles. The summed E-state index contributed by atoms with van der Waals surface area (Å²) in [5, 5.41) is 2.60. The standard InChI is InChI=1S/C11H15NO3/c1-4-8-5-6-10(14-2)9(7-8)12-11(13)15-3/h5-7H,4H2,1-3H3,(H,12,13). The fraction of sp³-hybridized carbons (Fsp3) is 0.364. The molecule has 1 N–H and O–H groups in total. The van der Waals surface area contributed by atoms with Crippen LogP contribution in [-0.4, -0.2) is 20.3 Å². The Hall–Kier alpha value is -1.71. The summed E-state index contributed by atoms with van der Waals surface area (Å²) >= 11 is 0. The molecule has 0 heterocycles. The van der Waals surface area contributed by atoms with E-state index in [0.717, 1.165) is 12.0 Å². The zero-order valence-corrected chi connectivity index (χ0v) is 9.16. The van der Waals surface area contributed by atoms with Gasteiger partial charge in [0.2, 0.25) is 0 Å². The molecule has 1 rings (SSSR count). The number of rotatable bonds is 3. The molecule has 0 spiro atoms. The molecule has 4 heteroatoms. The molecule has 1 aromatic rings. The topological polar surface area (TPSA) is 47.6 Å². The van der Waals surface area contributed by atoms with Crippen LogP contribution in [0.1, 0.15) is 12.5 Å². The molecule has 0 aliphatic heterocycles. The Morgan fingerprint density at radius 3 is 2.67 bits per heavy atom. The van der Waals surface area contributed by atoms with Gasteiger partial charge in [-0.05, 0) is 24.1 Å². The van der Waals surface area contributed by atoms with Gasteiger partial charge in [-0.2, -0.15) is 0 Å². The summed E-state index contributed by atoms with van der Waals surface area (Å²) in [5.41, 5.74) is 1.76. The number of carbonyl (C=O) groups is 1. The first kappa shape index (κ1) is 11.4. The van der Waals surface area contributed by atoms with Crippen molar-refractivity contribution in [2.24, 2.45) is 0 Å². The van der Waals surface area contributed by atoms with Crippen LogP contribution in [0.15, 0.2) is 18.2 Å². The monoisotopic (exact) mass is 209 g/mol. The highest BCUT2D eigenvalue weighted by molar-refractivity contribution is 5.86. The summed E-state index contributed by atoms with van der Waals surface area (Å²) in [5.74, 6) is 0.623. The van der Waals surface area contributed by atoms with Crippen LogP contribution in [0.5, 0.6) is 5.75 Å². The van der Waals surface area contributed by atoms with Crippen molar-refractivity contribution >= 4 is 11.8 Å². The summed E-state index contributed by atoms with van der Waals surface area (Å²) in [7, 11) is 2.88. The molecule has 0 saturated heterocycles. The first-order chi connectivity index (χ1) is 7.21. The van der Waals surface area contributed by atoms with Gasteiger partial charge in [0.1, 0.15) is 5.75 Å². The van der Waals surface area contributed by atoms with Crippen molar-refractivity contribution in [3.8, 4) is 5.75 Å². The summed E-state index contributed by atoms with van der Waals surface area (Å²) in [6.45, 7) is 2.05. The van der Waals surface area contributed by atoms with Crippen LogP contribution in [0, 0.1) is 0 Å². The van der Waals surface area contributed by atoms with Crippen molar-refractivity contribution in [3.63, 3.8) is 0 Å². The van der Waals surface area contributed by atoms with Gasteiger partial charge < -0.3 is 9.47 Å². The first-order valence-corrected chi connectivity index (χ1v) is 4.73. The lowest BCUT2D eigenvalue weighted by Crippen LogP contribution is -2.12. The second-order valence-corrected chi connectivity index (χ2v) is 3.00. The van der Waals surface area contributed by atoms with Gasteiger partial charge >= 0.3 is 6.09 Å². The van der Waals surface area contributed by atoms with Crippen molar-refractivity contribution in [2.75, 3.05) is 19.5 Å². The maximum Gasteiger partial charge on any atom is 0.411 e. The number of hydrogen-bond donors (Lipinski definition) is 1. The Labute approximate surface area is 89.2 Å². The number of carbonyl (C=O) groups excluding carboxylic acids is 1. The summed E-state index contributed by atoms with van der Waals surface area (Å²) in [6.07, 6.45) is 0.404. The van der Waals surface area contributed by atoms with Crippen molar-refractivity contribution in [1.82, 2.24) is 0 Å². The maximum atomic E-state index is 11.1. The third-order valence-electron chi connectivity index (χ3n) is 2.09. The minimum Gasteiger partial charge on any atom is -0.495 e. The van der Waals surface area contributed by atoms with Crippen LogP contribution in [0.3, 0.4) is 0 Å². The van der Waals surface area contributed by atoms with E-state index in [-0.39, 0.29) is 0 Å². The van der Waals surface area contributed by atoms with Gasteiger partial charge in [-0.3, -0.25) is 5.32 Å². The smallest absolute Gasteiger partial charge is 0.411 e. The zero-order valence-electron chi connectivity index (χ0n) is 9.16. The fourth-order valence-corrected chi connectivity index (χ4v) is 1.23. The third kappa shape index (κ3) is 2.87. The fourth-order valence-electron chi connectivity index (χ4n) is 1.23.